The molecule has 1 aliphatic heterocycles. The van der Waals surface area contributed by atoms with Gasteiger partial charge in [-0.25, -0.2) is 4.79 Å². The summed E-state index contributed by atoms with van der Waals surface area (Å²) in [5, 5.41) is 14.6. The van der Waals surface area contributed by atoms with Crippen LogP contribution in [0.4, 0.5) is 16.2 Å². The molecule has 0 fully saturated rings. The summed E-state index contributed by atoms with van der Waals surface area (Å²) in [7, 11) is -1.08. The van der Waals surface area contributed by atoms with Gasteiger partial charge in [-0.05, 0) is 72.5 Å². The average Bonchev–Trinajstić information content (AvgIpc) is 2.86. The molecule has 3 aromatic carbocycles. The largest absolute Gasteiger partial charge is 0.331 e. The lowest BCUT2D eigenvalue weighted by atomic mass is 9.88. The first-order chi connectivity index (χ1) is 16.9. The monoisotopic (exact) mass is 486 g/mol. The second-order valence-corrected chi connectivity index (χ2v) is 9.76. The first-order valence-electron chi connectivity index (χ1n) is 11.3. The fourth-order valence-electron chi connectivity index (χ4n) is 4.25. The lowest BCUT2D eigenvalue weighted by molar-refractivity contribution is 0.0647. The van der Waals surface area contributed by atoms with Crippen molar-refractivity contribution in [3.05, 3.63) is 89.0 Å². The maximum absolute atomic E-state index is 13.4. The molecule has 178 valence electrons. The quantitative estimate of drug-likeness (QED) is 0.507. The third-order valence-electron chi connectivity index (χ3n) is 5.98. The van der Waals surface area contributed by atoms with Crippen LogP contribution in [0.3, 0.4) is 0 Å². The van der Waals surface area contributed by atoms with E-state index in [0.717, 1.165) is 17.5 Å². The standard InChI is InChI=1S/C27H26N4O3S/c1-3-14-31-25(19-6-4-18(17-28)5-7-19)15-20-8-9-22(16-24(20)26(31)32)30-27(33)29-21-10-12-23(13-11-21)35(2)34/h4-13,16,25H,3,14-15H2,1-2H3,(H2,29,30,33)/t25-,35?/m1/s1. The Kier molecular flexibility index (Phi) is 7.28. The van der Waals surface area contributed by atoms with Gasteiger partial charge in [0, 0.05) is 45.4 Å². The first kappa shape index (κ1) is 24.2. The smallest absolute Gasteiger partial charge is 0.323 e. The predicted molar refractivity (Wildman–Crippen MR) is 137 cm³/mol. The first-order valence-corrected chi connectivity index (χ1v) is 12.9. The molecule has 2 atom stereocenters. The molecule has 0 bridgehead atoms. The molecule has 8 heteroatoms. The van der Waals surface area contributed by atoms with E-state index in [1.54, 1.807) is 54.8 Å². The third-order valence-corrected chi connectivity index (χ3v) is 6.92. The van der Waals surface area contributed by atoms with Gasteiger partial charge >= 0.3 is 6.03 Å². The van der Waals surface area contributed by atoms with Gasteiger partial charge in [-0.3, -0.25) is 9.00 Å². The molecule has 1 heterocycles. The second kappa shape index (κ2) is 10.5. The maximum Gasteiger partial charge on any atom is 0.323 e. The summed E-state index contributed by atoms with van der Waals surface area (Å²) in [5.74, 6) is -0.0744. The van der Waals surface area contributed by atoms with Gasteiger partial charge in [-0.1, -0.05) is 25.1 Å². The number of benzene rings is 3. The SMILES string of the molecule is CCCN1C(=O)c2cc(NC(=O)Nc3ccc(S(C)=O)cc3)ccc2C[C@@H]1c1ccc(C#N)cc1. The van der Waals surface area contributed by atoms with Crippen molar-refractivity contribution in [2.24, 2.45) is 0 Å². The summed E-state index contributed by atoms with van der Waals surface area (Å²) in [6.07, 6.45) is 3.07. The van der Waals surface area contributed by atoms with Gasteiger partial charge in [0.1, 0.15) is 0 Å². The number of carbonyl (C=O) groups is 2. The highest BCUT2D eigenvalue weighted by Gasteiger charge is 2.33. The van der Waals surface area contributed by atoms with Crippen molar-refractivity contribution in [3.8, 4) is 6.07 Å². The molecule has 0 spiro atoms. The van der Waals surface area contributed by atoms with Gasteiger partial charge in [0.15, 0.2) is 0 Å². The molecule has 1 aliphatic rings. The van der Waals surface area contributed by atoms with E-state index < -0.39 is 16.8 Å². The molecular weight excluding hydrogens is 460 g/mol. The Morgan fingerprint density at radius 3 is 2.34 bits per heavy atom. The molecule has 0 aliphatic carbocycles. The topological polar surface area (TPSA) is 102 Å². The van der Waals surface area contributed by atoms with Crippen molar-refractivity contribution in [1.29, 1.82) is 5.26 Å². The van der Waals surface area contributed by atoms with Gasteiger partial charge in [0.2, 0.25) is 0 Å². The van der Waals surface area contributed by atoms with Crippen molar-refractivity contribution in [2.75, 3.05) is 23.4 Å². The summed E-state index contributed by atoms with van der Waals surface area (Å²) in [4.78, 5) is 28.5. The van der Waals surface area contributed by atoms with Gasteiger partial charge in [0.25, 0.3) is 5.91 Å². The van der Waals surface area contributed by atoms with Crippen LogP contribution in [-0.4, -0.2) is 33.8 Å². The number of urea groups is 1. The van der Waals surface area contributed by atoms with Crippen LogP contribution in [0.2, 0.25) is 0 Å². The van der Waals surface area contributed by atoms with E-state index in [4.69, 9.17) is 5.26 Å². The Hall–Kier alpha value is -3.96. The van der Waals surface area contributed by atoms with Crippen LogP contribution in [0.1, 0.15) is 46.4 Å². The van der Waals surface area contributed by atoms with Gasteiger partial charge in [0.05, 0.1) is 17.7 Å². The zero-order valence-corrected chi connectivity index (χ0v) is 20.4. The van der Waals surface area contributed by atoms with Crippen LogP contribution in [0.25, 0.3) is 0 Å². The van der Waals surface area contributed by atoms with E-state index in [-0.39, 0.29) is 11.9 Å². The molecule has 2 N–H and O–H groups in total. The average molecular weight is 487 g/mol. The van der Waals surface area contributed by atoms with Gasteiger partial charge in [-0.15, -0.1) is 0 Å². The second-order valence-electron chi connectivity index (χ2n) is 8.38. The van der Waals surface area contributed by atoms with Crippen LogP contribution in [0, 0.1) is 11.3 Å². The maximum atomic E-state index is 13.4. The van der Waals surface area contributed by atoms with Gasteiger partial charge in [-0.2, -0.15) is 5.26 Å². The number of carbonyl (C=O) groups excluding carboxylic acids is 2. The molecule has 1 unspecified atom stereocenters. The molecule has 4 rings (SSSR count). The fourth-order valence-corrected chi connectivity index (χ4v) is 4.76. The van der Waals surface area contributed by atoms with Crippen LogP contribution in [-0.2, 0) is 17.2 Å². The summed E-state index contributed by atoms with van der Waals surface area (Å²) in [5.41, 5.74) is 4.18. The Morgan fingerprint density at radius 2 is 1.71 bits per heavy atom. The van der Waals surface area contributed by atoms with Crippen LogP contribution in [0.5, 0.6) is 0 Å². The van der Waals surface area contributed by atoms with Crippen molar-refractivity contribution in [2.45, 2.75) is 30.7 Å². The lowest BCUT2D eigenvalue weighted by Gasteiger charge is -2.37. The van der Waals surface area contributed by atoms with E-state index in [1.807, 2.05) is 30.0 Å². The molecule has 0 aromatic heterocycles. The number of rotatable bonds is 6. The van der Waals surface area contributed by atoms with Crippen LogP contribution < -0.4 is 10.6 Å². The normalized spacial score (nSPS) is 15.6. The molecule has 35 heavy (non-hydrogen) atoms. The van der Waals surface area contributed by atoms with Crippen LogP contribution in [0.15, 0.2) is 71.6 Å². The predicted octanol–water partition coefficient (Wildman–Crippen LogP) is 5.09. The van der Waals surface area contributed by atoms with Crippen molar-refractivity contribution in [1.82, 2.24) is 4.90 Å². The van der Waals surface area contributed by atoms with Crippen molar-refractivity contribution in [3.63, 3.8) is 0 Å². The number of amides is 3. The summed E-state index contributed by atoms with van der Waals surface area (Å²) in [6.45, 7) is 2.64. The minimum Gasteiger partial charge on any atom is -0.331 e. The Morgan fingerprint density at radius 1 is 1.06 bits per heavy atom. The molecular formula is C27H26N4O3S. The number of nitrogens with one attached hydrogen (secondary N) is 2. The fraction of sp³-hybridized carbons (Fsp3) is 0.222. The molecule has 0 saturated heterocycles. The molecule has 3 amide bonds. The summed E-state index contributed by atoms with van der Waals surface area (Å²) >= 11 is 0. The van der Waals surface area contributed by atoms with E-state index >= 15 is 0 Å². The molecule has 0 saturated carbocycles. The Balaban J connectivity index is 1.52. The van der Waals surface area contributed by atoms with E-state index in [0.29, 0.717) is 40.4 Å². The minimum absolute atomic E-state index is 0.0744. The molecule has 7 nitrogen and oxygen atoms in total. The number of fused-ring (bicyclic) bond motifs is 1. The summed E-state index contributed by atoms with van der Waals surface area (Å²) < 4.78 is 11.5. The zero-order valence-electron chi connectivity index (χ0n) is 19.6. The Bertz CT molecular complexity index is 1310. The zero-order chi connectivity index (χ0) is 24.9. The van der Waals surface area contributed by atoms with Gasteiger partial charge < -0.3 is 15.5 Å². The minimum atomic E-state index is -1.08. The van der Waals surface area contributed by atoms with E-state index in [9.17, 15) is 13.8 Å². The third kappa shape index (κ3) is 5.42. The molecule has 3 aromatic rings. The van der Waals surface area contributed by atoms with E-state index in [2.05, 4.69) is 16.7 Å². The van der Waals surface area contributed by atoms with E-state index in [1.165, 1.54) is 0 Å². The van der Waals surface area contributed by atoms with Crippen LogP contribution >= 0.6 is 0 Å². The number of nitrogens with zero attached hydrogens (tertiary/aromatic N) is 2. The Labute approximate surface area is 207 Å². The molecule has 0 radical (unpaired) electrons. The summed E-state index contributed by atoms with van der Waals surface area (Å²) in [6, 6.07) is 21.2. The lowest BCUT2D eigenvalue weighted by Crippen LogP contribution is -2.40. The number of hydrogen-bond donors (Lipinski definition) is 2. The highest BCUT2D eigenvalue weighted by atomic mass is 32.2. The number of hydrogen-bond acceptors (Lipinski definition) is 4. The van der Waals surface area contributed by atoms with Crippen molar-refractivity contribution >= 4 is 34.1 Å². The number of nitriles is 1. The highest BCUT2D eigenvalue weighted by molar-refractivity contribution is 7.84. The highest BCUT2D eigenvalue weighted by Crippen LogP contribution is 2.34. The number of anilines is 2. The van der Waals surface area contributed by atoms with Crippen molar-refractivity contribution < 1.29 is 13.8 Å².